The molecule has 5 heteroatoms. The van der Waals surface area contributed by atoms with Crippen molar-refractivity contribution >= 4 is 10.0 Å². The van der Waals surface area contributed by atoms with Crippen LogP contribution in [0.15, 0.2) is 17.0 Å². The van der Waals surface area contributed by atoms with Gasteiger partial charge in [-0.05, 0) is 44.7 Å². The highest BCUT2D eigenvalue weighted by atomic mass is 32.2. The summed E-state index contributed by atoms with van der Waals surface area (Å²) in [5.41, 5.74) is 2.61. The zero-order valence-corrected chi connectivity index (χ0v) is 12.5. The maximum atomic E-state index is 12.7. The van der Waals surface area contributed by atoms with E-state index < -0.39 is 16.1 Å². The lowest BCUT2D eigenvalue weighted by Gasteiger charge is -2.30. The number of sulfonamides is 1. The molecule has 1 N–H and O–H groups in total. The van der Waals surface area contributed by atoms with Crippen molar-refractivity contribution in [2.75, 3.05) is 13.1 Å². The summed E-state index contributed by atoms with van der Waals surface area (Å²) in [5, 5.41) is 9.67. The van der Waals surface area contributed by atoms with E-state index in [0.717, 1.165) is 16.7 Å². The molecule has 0 saturated carbocycles. The molecule has 4 nitrogen and oxygen atoms in total. The van der Waals surface area contributed by atoms with Gasteiger partial charge in [-0.2, -0.15) is 4.31 Å². The number of aliphatic hydroxyl groups excluding tert-OH is 1. The third kappa shape index (κ3) is 2.83. The number of aryl methyl sites for hydroxylation is 3. The smallest absolute Gasteiger partial charge is 0.243 e. The fraction of sp³-hybridized carbons (Fsp3) is 0.571. The first-order valence-corrected chi connectivity index (χ1v) is 8.02. The minimum Gasteiger partial charge on any atom is -0.392 e. The molecular weight excluding hydrogens is 262 g/mol. The molecule has 1 aliphatic heterocycles. The molecule has 19 heavy (non-hydrogen) atoms. The summed E-state index contributed by atoms with van der Waals surface area (Å²) >= 11 is 0. The van der Waals surface area contributed by atoms with Crippen LogP contribution in [0.1, 0.15) is 29.5 Å². The molecule has 1 atom stereocenters. The highest BCUT2D eigenvalue weighted by Gasteiger charge is 2.31. The lowest BCUT2D eigenvalue weighted by atomic mass is 10.1. The quantitative estimate of drug-likeness (QED) is 0.899. The van der Waals surface area contributed by atoms with Gasteiger partial charge in [0, 0.05) is 13.1 Å². The topological polar surface area (TPSA) is 57.6 Å². The Morgan fingerprint density at radius 1 is 1.21 bits per heavy atom. The normalized spacial score (nSPS) is 21.6. The molecule has 1 saturated heterocycles. The molecule has 2 rings (SSSR count). The standard InChI is InChI=1S/C14H21NO3S/c1-10-7-11(2)14(12(3)8-10)19(17,18)15-6-4-5-13(16)9-15/h7-8,13,16H,4-6,9H2,1-3H3/t13-/m0/s1. The Hall–Kier alpha value is -0.910. The van der Waals surface area contributed by atoms with Crippen molar-refractivity contribution in [1.82, 2.24) is 4.31 Å². The molecule has 1 fully saturated rings. The van der Waals surface area contributed by atoms with Crippen LogP contribution in [0.3, 0.4) is 0 Å². The highest BCUT2D eigenvalue weighted by Crippen LogP contribution is 2.27. The van der Waals surface area contributed by atoms with Gasteiger partial charge in [-0.1, -0.05) is 17.7 Å². The van der Waals surface area contributed by atoms with Crippen LogP contribution in [0.2, 0.25) is 0 Å². The molecule has 0 spiro atoms. The van der Waals surface area contributed by atoms with Crippen molar-refractivity contribution in [2.24, 2.45) is 0 Å². The van der Waals surface area contributed by atoms with Crippen LogP contribution >= 0.6 is 0 Å². The van der Waals surface area contributed by atoms with Gasteiger partial charge in [-0.3, -0.25) is 0 Å². The number of piperidine rings is 1. The average molecular weight is 283 g/mol. The SMILES string of the molecule is Cc1cc(C)c(S(=O)(=O)N2CCC[C@H](O)C2)c(C)c1. The van der Waals surface area contributed by atoms with Gasteiger partial charge in [0.05, 0.1) is 11.0 Å². The van der Waals surface area contributed by atoms with Crippen LogP contribution in [0.4, 0.5) is 0 Å². The van der Waals surface area contributed by atoms with Gasteiger partial charge in [0.15, 0.2) is 0 Å². The minimum atomic E-state index is -3.50. The van der Waals surface area contributed by atoms with Crippen molar-refractivity contribution in [3.05, 3.63) is 28.8 Å². The number of aliphatic hydroxyl groups is 1. The van der Waals surface area contributed by atoms with E-state index in [0.29, 0.717) is 24.3 Å². The highest BCUT2D eigenvalue weighted by molar-refractivity contribution is 7.89. The Kier molecular flexibility index (Phi) is 3.99. The second-order valence-corrected chi connectivity index (χ2v) is 7.26. The maximum absolute atomic E-state index is 12.7. The summed E-state index contributed by atoms with van der Waals surface area (Å²) in [6, 6.07) is 3.78. The van der Waals surface area contributed by atoms with E-state index in [-0.39, 0.29) is 6.54 Å². The number of hydrogen-bond donors (Lipinski definition) is 1. The van der Waals surface area contributed by atoms with Gasteiger partial charge in [-0.15, -0.1) is 0 Å². The zero-order valence-electron chi connectivity index (χ0n) is 11.7. The molecule has 1 aromatic rings. The molecule has 0 aromatic heterocycles. The van der Waals surface area contributed by atoms with Crippen molar-refractivity contribution < 1.29 is 13.5 Å². The fourth-order valence-corrected chi connectivity index (χ4v) is 4.77. The van der Waals surface area contributed by atoms with Crippen LogP contribution in [-0.2, 0) is 10.0 Å². The molecule has 0 amide bonds. The molecule has 1 heterocycles. The zero-order chi connectivity index (χ0) is 14.2. The summed E-state index contributed by atoms with van der Waals surface area (Å²) in [6.07, 6.45) is 0.844. The molecule has 106 valence electrons. The van der Waals surface area contributed by atoms with Crippen LogP contribution < -0.4 is 0 Å². The number of nitrogens with zero attached hydrogens (tertiary/aromatic N) is 1. The van der Waals surface area contributed by atoms with Crippen LogP contribution in [0.5, 0.6) is 0 Å². The van der Waals surface area contributed by atoms with E-state index in [9.17, 15) is 13.5 Å². The number of hydrogen-bond acceptors (Lipinski definition) is 3. The predicted octanol–water partition coefficient (Wildman–Crippen LogP) is 1.76. The van der Waals surface area contributed by atoms with Gasteiger partial charge in [-0.25, -0.2) is 8.42 Å². The largest absolute Gasteiger partial charge is 0.392 e. The molecule has 1 aromatic carbocycles. The Labute approximate surface area is 115 Å². The van der Waals surface area contributed by atoms with E-state index >= 15 is 0 Å². The summed E-state index contributed by atoms with van der Waals surface area (Å²) in [4.78, 5) is 0.396. The summed E-state index contributed by atoms with van der Waals surface area (Å²) < 4.78 is 26.8. The lowest BCUT2D eigenvalue weighted by molar-refractivity contribution is 0.108. The fourth-order valence-electron chi connectivity index (χ4n) is 2.84. The third-order valence-corrected chi connectivity index (χ3v) is 5.73. The van der Waals surface area contributed by atoms with E-state index in [1.807, 2.05) is 32.9 Å². The number of β-amino-alcohol motifs (C(OH)–C–C–N with tert-alkyl or cyclic N) is 1. The Morgan fingerprint density at radius 3 is 2.32 bits per heavy atom. The number of benzene rings is 1. The molecule has 0 unspecified atom stereocenters. The Morgan fingerprint density at radius 2 is 1.79 bits per heavy atom. The van der Waals surface area contributed by atoms with Gasteiger partial charge in [0.2, 0.25) is 10.0 Å². The molecular formula is C14H21NO3S. The Balaban J connectivity index is 2.45. The van der Waals surface area contributed by atoms with Gasteiger partial charge in [0.1, 0.15) is 0 Å². The van der Waals surface area contributed by atoms with Crippen molar-refractivity contribution in [3.8, 4) is 0 Å². The van der Waals surface area contributed by atoms with Gasteiger partial charge >= 0.3 is 0 Å². The summed E-state index contributed by atoms with van der Waals surface area (Å²) in [7, 11) is -3.50. The van der Waals surface area contributed by atoms with Gasteiger partial charge < -0.3 is 5.11 Å². The lowest BCUT2D eigenvalue weighted by Crippen LogP contribution is -2.42. The van der Waals surface area contributed by atoms with Gasteiger partial charge in [0.25, 0.3) is 0 Å². The first-order valence-electron chi connectivity index (χ1n) is 6.58. The average Bonchev–Trinajstić information content (AvgIpc) is 2.26. The third-order valence-electron chi connectivity index (χ3n) is 3.56. The molecule has 0 radical (unpaired) electrons. The maximum Gasteiger partial charge on any atom is 0.243 e. The van der Waals surface area contributed by atoms with E-state index in [1.54, 1.807) is 0 Å². The molecule has 1 aliphatic rings. The van der Waals surface area contributed by atoms with E-state index in [4.69, 9.17) is 0 Å². The van der Waals surface area contributed by atoms with Crippen molar-refractivity contribution in [3.63, 3.8) is 0 Å². The van der Waals surface area contributed by atoms with Crippen LogP contribution in [0, 0.1) is 20.8 Å². The molecule has 0 aliphatic carbocycles. The van der Waals surface area contributed by atoms with Crippen LogP contribution in [0.25, 0.3) is 0 Å². The number of rotatable bonds is 2. The first-order chi connectivity index (χ1) is 8.82. The van der Waals surface area contributed by atoms with Crippen molar-refractivity contribution in [1.29, 1.82) is 0 Å². The summed E-state index contributed by atoms with van der Waals surface area (Å²) in [6.45, 7) is 6.31. The second-order valence-electron chi connectivity index (χ2n) is 5.39. The second kappa shape index (κ2) is 5.23. The van der Waals surface area contributed by atoms with Crippen LogP contribution in [-0.4, -0.2) is 37.0 Å². The Bertz CT molecular complexity index is 557. The minimum absolute atomic E-state index is 0.203. The first kappa shape index (κ1) is 14.5. The van der Waals surface area contributed by atoms with E-state index in [2.05, 4.69) is 0 Å². The van der Waals surface area contributed by atoms with Crippen molar-refractivity contribution in [2.45, 2.75) is 44.6 Å². The predicted molar refractivity (Wildman–Crippen MR) is 74.7 cm³/mol. The monoisotopic (exact) mass is 283 g/mol. The molecule has 0 bridgehead atoms. The summed E-state index contributed by atoms with van der Waals surface area (Å²) in [5.74, 6) is 0. The van der Waals surface area contributed by atoms with E-state index in [1.165, 1.54) is 4.31 Å².